The molecule has 1 atom stereocenters. The van der Waals surface area contributed by atoms with E-state index in [0.29, 0.717) is 26.2 Å². The lowest BCUT2D eigenvalue weighted by atomic mass is 10.2. The number of amides is 3. The number of hydrogen-bond acceptors (Lipinski definition) is 3. The molecule has 0 aromatic carbocycles. The molecule has 2 rings (SSSR count). The molecular formula is C9H12N4O2. The molecule has 0 bridgehead atoms. The van der Waals surface area contributed by atoms with E-state index in [9.17, 15) is 9.59 Å². The summed E-state index contributed by atoms with van der Waals surface area (Å²) in [7, 11) is 0. The topological polar surface area (TPSA) is 76.4 Å². The van der Waals surface area contributed by atoms with Crippen molar-refractivity contribution in [2.75, 3.05) is 26.2 Å². The Kier molecular flexibility index (Phi) is 2.46. The first-order valence-electron chi connectivity index (χ1n) is 4.91. The van der Waals surface area contributed by atoms with Gasteiger partial charge in [-0.25, -0.2) is 4.79 Å². The number of urea groups is 1. The van der Waals surface area contributed by atoms with Crippen LogP contribution in [0.4, 0.5) is 4.79 Å². The number of rotatable bonds is 1. The summed E-state index contributed by atoms with van der Waals surface area (Å²) in [5, 5.41) is 11.2. The Morgan fingerprint density at radius 1 is 1.60 bits per heavy atom. The van der Waals surface area contributed by atoms with Gasteiger partial charge in [0, 0.05) is 26.2 Å². The minimum Gasteiger partial charge on any atom is -0.338 e. The highest BCUT2D eigenvalue weighted by atomic mass is 16.2. The van der Waals surface area contributed by atoms with Crippen molar-refractivity contribution in [3.8, 4) is 6.07 Å². The second-order valence-corrected chi connectivity index (χ2v) is 3.71. The van der Waals surface area contributed by atoms with Gasteiger partial charge in [-0.1, -0.05) is 0 Å². The summed E-state index contributed by atoms with van der Waals surface area (Å²) in [6.45, 7) is 2.23. The van der Waals surface area contributed by atoms with E-state index < -0.39 is 0 Å². The highest BCUT2D eigenvalue weighted by Gasteiger charge is 2.36. The van der Waals surface area contributed by atoms with E-state index in [2.05, 4.69) is 5.32 Å². The SMILES string of the molecule is N#CCC(=O)N1CCN2C(=O)NCC2C1. The molecule has 6 heteroatoms. The lowest BCUT2D eigenvalue weighted by Gasteiger charge is -2.36. The third kappa shape index (κ3) is 1.73. The summed E-state index contributed by atoms with van der Waals surface area (Å²) in [6, 6.07) is 1.87. The van der Waals surface area contributed by atoms with Crippen LogP contribution in [-0.2, 0) is 4.79 Å². The number of piperazine rings is 1. The first-order valence-corrected chi connectivity index (χ1v) is 4.91. The summed E-state index contributed by atoms with van der Waals surface area (Å²) in [4.78, 5) is 26.1. The van der Waals surface area contributed by atoms with Crippen LogP contribution in [-0.4, -0.2) is 54.0 Å². The molecule has 1 unspecified atom stereocenters. The zero-order chi connectivity index (χ0) is 10.8. The van der Waals surface area contributed by atoms with Crippen LogP contribution >= 0.6 is 0 Å². The van der Waals surface area contributed by atoms with Crippen molar-refractivity contribution < 1.29 is 9.59 Å². The van der Waals surface area contributed by atoms with Crippen molar-refractivity contribution in [2.45, 2.75) is 12.5 Å². The summed E-state index contributed by atoms with van der Waals surface area (Å²) < 4.78 is 0. The fourth-order valence-corrected chi connectivity index (χ4v) is 2.01. The van der Waals surface area contributed by atoms with Crippen molar-refractivity contribution >= 4 is 11.9 Å². The molecule has 6 nitrogen and oxygen atoms in total. The molecule has 0 saturated carbocycles. The molecule has 2 fully saturated rings. The molecule has 3 amide bonds. The molecule has 0 radical (unpaired) electrons. The van der Waals surface area contributed by atoms with Crippen LogP contribution in [0.1, 0.15) is 6.42 Å². The summed E-state index contributed by atoms with van der Waals surface area (Å²) in [6.07, 6.45) is -0.0753. The lowest BCUT2D eigenvalue weighted by Crippen LogP contribution is -2.53. The molecule has 2 aliphatic heterocycles. The average molecular weight is 208 g/mol. The Morgan fingerprint density at radius 2 is 2.40 bits per heavy atom. The second-order valence-electron chi connectivity index (χ2n) is 3.71. The Morgan fingerprint density at radius 3 is 3.13 bits per heavy atom. The van der Waals surface area contributed by atoms with Crippen LogP contribution in [0, 0.1) is 11.3 Å². The fraction of sp³-hybridized carbons (Fsp3) is 0.667. The third-order valence-electron chi connectivity index (χ3n) is 2.82. The Balaban J connectivity index is 1.96. The minimum atomic E-state index is -0.142. The molecule has 2 saturated heterocycles. The minimum absolute atomic E-state index is 0.0487. The van der Waals surface area contributed by atoms with E-state index in [1.165, 1.54) is 0 Å². The third-order valence-corrected chi connectivity index (χ3v) is 2.82. The van der Waals surface area contributed by atoms with Gasteiger partial charge in [0.2, 0.25) is 5.91 Å². The smallest absolute Gasteiger partial charge is 0.317 e. The normalized spacial score (nSPS) is 24.5. The monoisotopic (exact) mass is 208 g/mol. The molecule has 2 aliphatic rings. The number of nitrogens with zero attached hydrogens (tertiary/aromatic N) is 3. The van der Waals surface area contributed by atoms with Crippen molar-refractivity contribution in [2.24, 2.45) is 0 Å². The Hall–Kier alpha value is -1.77. The summed E-state index contributed by atoms with van der Waals surface area (Å²) >= 11 is 0. The molecule has 1 N–H and O–H groups in total. The van der Waals surface area contributed by atoms with Crippen LogP contribution in [0.15, 0.2) is 0 Å². The number of hydrogen-bond donors (Lipinski definition) is 1. The van der Waals surface area contributed by atoms with Crippen molar-refractivity contribution in [1.82, 2.24) is 15.1 Å². The summed E-state index contributed by atoms with van der Waals surface area (Å²) in [5.41, 5.74) is 0. The van der Waals surface area contributed by atoms with Gasteiger partial charge in [-0.2, -0.15) is 5.26 Å². The molecule has 0 aromatic rings. The number of nitrogens with one attached hydrogen (secondary N) is 1. The summed E-state index contributed by atoms with van der Waals surface area (Å²) in [5.74, 6) is -0.142. The highest BCUT2D eigenvalue weighted by molar-refractivity contribution is 5.80. The number of carbonyl (C=O) groups excluding carboxylic acids is 2. The van der Waals surface area contributed by atoms with Gasteiger partial charge < -0.3 is 15.1 Å². The van der Waals surface area contributed by atoms with Crippen LogP contribution in [0.25, 0.3) is 0 Å². The maximum atomic E-state index is 11.4. The number of nitriles is 1. The molecule has 0 aliphatic carbocycles. The van der Waals surface area contributed by atoms with Gasteiger partial charge in [-0.3, -0.25) is 4.79 Å². The van der Waals surface area contributed by atoms with Crippen LogP contribution in [0.3, 0.4) is 0 Å². The maximum Gasteiger partial charge on any atom is 0.317 e. The van der Waals surface area contributed by atoms with Crippen molar-refractivity contribution in [1.29, 1.82) is 5.26 Å². The molecule has 0 spiro atoms. The number of carbonyl (C=O) groups is 2. The second kappa shape index (κ2) is 3.77. The highest BCUT2D eigenvalue weighted by Crippen LogP contribution is 2.14. The number of fused-ring (bicyclic) bond motifs is 1. The molecular weight excluding hydrogens is 196 g/mol. The van der Waals surface area contributed by atoms with E-state index in [-0.39, 0.29) is 24.4 Å². The Labute approximate surface area is 87.4 Å². The zero-order valence-corrected chi connectivity index (χ0v) is 8.27. The molecule has 15 heavy (non-hydrogen) atoms. The van der Waals surface area contributed by atoms with Gasteiger partial charge in [-0.15, -0.1) is 0 Å². The van der Waals surface area contributed by atoms with Crippen LogP contribution in [0.2, 0.25) is 0 Å². The first-order chi connectivity index (χ1) is 7.22. The van der Waals surface area contributed by atoms with Crippen molar-refractivity contribution in [3.05, 3.63) is 0 Å². The standard InChI is InChI=1S/C9H12N4O2/c10-2-1-8(14)12-3-4-13-7(6-12)5-11-9(13)15/h7H,1,3-6H2,(H,11,15). The quantitative estimate of drug-likeness (QED) is 0.609. The maximum absolute atomic E-state index is 11.4. The van der Waals surface area contributed by atoms with Crippen LogP contribution < -0.4 is 5.32 Å². The van der Waals surface area contributed by atoms with E-state index in [1.807, 2.05) is 6.07 Å². The molecule has 2 heterocycles. The zero-order valence-electron chi connectivity index (χ0n) is 8.27. The van der Waals surface area contributed by atoms with E-state index >= 15 is 0 Å². The van der Waals surface area contributed by atoms with Gasteiger partial charge in [-0.05, 0) is 0 Å². The van der Waals surface area contributed by atoms with Gasteiger partial charge in [0.05, 0.1) is 12.1 Å². The average Bonchev–Trinajstić information content (AvgIpc) is 2.60. The lowest BCUT2D eigenvalue weighted by molar-refractivity contribution is -0.132. The van der Waals surface area contributed by atoms with Gasteiger partial charge in [0.25, 0.3) is 0 Å². The van der Waals surface area contributed by atoms with Gasteiger partial charge in [0.1, 0.15) is 6.42 Å². The van der Waals surface area contributed by atoms with E-state index in [1.54, 1.807) is 9.80 Å². The fourth-order valence-electron chi connectivity index (χ4n) is 2.01. The van der Waals surface area contributed by atoms with Gasteiger partial charge >= 0.3 is 6.03 Å². The van der Waals surface area contributed by atoms with Gasteiger partial charge in [0.15, 0.2) is 0 Å². The first kappa shape index (κ1) is 9.77. The molecule has 0 aromatic heterocycles. The molecule has 80 valence electrons. The predicted molar refractivity (Wildman–Crippen MR) is 50.7 cm³/mol. The predicted octanol–water partition coefficient (Wildman–Crippen LogP) is -0.864. The Bertz CT molecular complexity index is 335. The van der Waals surface area contributed by atoms with E-state index in [4.69, 9.17) is 5.26 Å². The van der Waals surface area contributed by atoms with E-state index in [0.717, 1.165) is 0 Å². The van der Waals surface area contributed by atoms with Crippen LogP contribution in [0.5, 0.6) is 0 Å². The largest absolute Gasteiger partial charge is 0.338 e. The van der Waals surface area contributed by atoms with Crippen molar-refractivity contribution in [3.63, 3.8) is 0 Å².